The van der Waals surface area contributed by atoms with Crippen molar-refractivity contribution in [3.05, 3.63) is 71.3 Å². The fraction of sp³-hybridized carbons (Fsp3) is 0.250. The first kappa shape index (κ1) is 12.8. The summed E-state index contributed by atoms with van der Waals surface area (Å²) in [4.78, 5) is 0. The SMILES string of the molecule is CCNCc1ccccc1C(O)c1ccccc1. The fourth-order valence-electron chi connectivity index (χ4n) is 2.04. The Labute approximate surface area is 108 Å². The summed E-state index contributed by atoms with van der Waals surface area (Å²) >= 11 is 0. The Hall–Kier alpha value is -1.64. The highest BCUT2D eigenvalue weighted by Gasteiger charge is 2.13. The second kappa shape index (κ2) is 6.34. The van der Waals surface area contributed by atoms with Crippen LogP contribution in [0.2, 0.25) is 0 Å². The first-order chi connectivity index (χ1) is 8.83. The summed E-state index contributed by atoms with van der Waals surface area (Å²) in [6, 6.07) is 17.8. The number of nitrogens with one attached hydrogen (secondary N) is 1. The maximum absolute atomic E-state index is 10.4. The number of aliphatic hydroxyl groups excluding tert-OH is 1. The Morgan fingerprint density at radius 1 is 1.00 bits per heavy atom. The van der Waals surface area contributed by atoms with Gasteiger partial charge in [-0.15, -0.1) is 0 Å². The second-order valence-corrected chi connectivity index (χ2v) is 4.29. The standard InChI is InChI=1S/C16H19NO/c1-2-17-12-14-10-6-7-11-15(14)16(18)13-8-4-3-5-9-13/h3-11,16-18H,2,12H2,1H3. The molecule has 0 heterocycles. The van der Waals surface area contributed by atoms with Crippen LogP contribution in [0.15, 0.2) is 54.6 Å². The molecule has 0 saturated carbocycles. The molecule has 1 atom stereocenters. The van der Waals surface area contributed by atoms with E-state index in [1.165, 1.54) is 0 Å². The third-order valence-electron chi connectivity index (χ3n) is 3.03. The van der Waals surface area contributed by atoms with Gasteiger partial charge in [0.1, 0.15) is 6.10 Å². The normalized spacial score (nSPS) is 12.3. The molecule has 2 aromatic carbocycles. The molecule has 0 fully saturated rings. The summed E-state index contributed by atoms with van der Waals surface area (Å²) in [5.41, 5.74) is 3.06. The predicted molar refractivity (Wildman–Crippen MR) is 74.3 cm³/mol. The van der Waals surface area contributed by atoms with Crippen LogP contribution in [0.25, 0.3) is 0 Å². The van der Waals surface area contributed by atoms with E-state index in [0.29, 0.717) is 0 Å². The van der Waals surface area contributed by atoms with E-state index in [-0.39, 0.29) is 0 Å². The van der Waals surface area contributed by atoms with Crippen LogP contribution in [0, 0.1) is 0 Å². The minimum absolute atomic E-state index is 0.555. The van der Waals surface area contributed by atoms with Crippen LogP contribution in [-0.2, 0) is 6.54 Å². The zero-order valence-electron chi connectivity index (χ0n) is 10.6. The molecule has 0 aliphatic rings. The van der Waals surface area contributed by atoms with Gasteiger partial charge < -0.3 is 10.4 Å². The molecule has 2 nitrogen and oxygen atoms in total. The highest BCUT2D eigenvalue weighted by atomic mass is 16.3. The van der Waals surface area contributed by atoms with Crippen LogP contribution in [0.4, 0.5) is 0 Å². The first-order valence-corrected chi connectivity index (χ1v) is 6.34. The molecule has 0 radical (unpaired) electrons. The van der Waals surface area contributed by atoms with Crippen LogP contribution in [-0.4, -0.2) is 11.7 Å². The maximum atomic E-state index is 10.4. The summed E-state index contributed by atoms with van der Waals surface area (Å²) in [6.07, 6.45) is -0.555. The minimum Gasteiger partial charge on any atom is -0.384 e. The molecule has 0 amide bonds. The van der Waals surface area contributed by atoms with Crippen molar-refractivity contribution in [2.75, 3.05) is 6.54 Å². The van der Waals surface area contributed by atoms with Gasteiger partial charge in [-0.25, -0.2) is 0 Å². The van der Waals surface area contributed by atoms with E-state index in [2.05, 4.69) is 18.3 Å². The zero-order valence-corrected chi connectivity index (χ0v) is 10.6. The molecule has 0 saturated heterocycles. The highest BCUT2D eigenvalue weighted by Crippen LogP contribution is 2.24. The monoisotopic (exact) mass is 241 g/mol. The van der Waals surface area contributed by atoms with E-state index in [1.807, 2.05) is 48.5 Å². The smallest absolute Gasteiger partial charge is 0.104 e. The molecule has 1 unspecified atom stereocenters. The van der Waals surface area contributed by atoms with E-state index >= 15 is 0 Å². The molecule has 2 N–H and O–H groups in total. The van der Waals surface area contributed by atoms with E-state index in [1.54, 1.807) is 0 Å². The summed E-state index contributed by atoms with van der Waals surface area (Å²) in [6.45, 7) is 3.79. The first-order valence-electron chi connectivity index (χ1n) is 6.34. The van der Waals surface area contributed by atoms with Gasteiger partial charge in [-0.05, 0) is 23.2 Å². The van der Waals surface area contributed by atoms with Crippen molar-refractivity contribution >= 4 is 0 Å². The number of rotatable bonds is 5. The third-order valence-corrected chi connectivity index (χ3v) is 3.03. The van der Waals surface area contributed by atoms with Gasteiger partial charge in [-0.2, -0.15) is 0 Å². The lowest BCUT2D eigenvalue weighted by Gasteiger charge is -2.16. The molecule has 0 aliphatic heterocycles. The summed E-state index contributed by atoms with van der Waals surface area (Å²) in [5, 5.41) is 13.7. The minimum atomic E-state index is -0.555. The second-order valence-electron chi connectivity index (χ2n) is 4.29. The van der Waals surface area contributed by atoms with Crippen molar-refractivity contribution in [1.29, 1.82) is 0 Å². The molecule has 18 heavy (non-hydrogen) atoms. The molecular weight excluding hydrogens is 222 g/mol. The van der Waals surface area contributed by atoms with Gasteiger partial charge in [0.05, 0.1) is 0 Å². The lowest BCUT2D eigenvalue weighted by Crippen LogP contribution is -2.14. The van der Waals surface area contributed by atoms with Gasteiger partial charge in [-0.1, -0.05) is 61.5 Å². The molecule has 0 bridgehead atoms. The fourth-order valence-corrected chi connectivity index (χ4v) is 2.04. The quantitative estimate of drug-likeness (QED) is 0.843. The summed E-state index contributed by atoms with van der Waals surface area (Å²) in [7, 11) is 0. The highest BCUT2D eigenvalue weighted by molar-refractivity contribution is 5.35. The van der Waals surface area contributed by atoms with Crippen molar-refractivity contribution in [2.45, 2.75) is 19.6 Å². The number of aliphatic hydroxyl groups is 1. The van der Waals surface area contributed by atoms with Gasteiger partial charge >= 0.3 is 0 Å². The van der Waals surface area contributed by atoms with Crippen molar-refractivity contribution in [3.8, 4) is 0 Å². The largest absolute Gasteiger partial charge is 0.384 e. The topological polar surface area (TPSA) is 32.3 Å². The Morgan fingerprint density at radius 3 is 2.39 bits per heavy atom. The molecule has 0 aromatic heterocycles. The van der Waals surface area contributed by atoms with Crippen molar-refractivity contribution in [2.24, 2.45) is 0 Å². The Bertz CT molecular complexity index is 481. The summed E-state index contributed by atoms with van der Waals surface area (Å²) in [5.74, 6) is 0. The van der Waals surface area contributed by atoms with Gasteiger partial charge in [0.15, 0.2) is 0 Å². The number of hydrogen-bond donors (Lipinski definition) is 2. The van der Waals surface area contributed by atoms with Gasteiger partial charge in [0.25, 0.3) is 0 Å². The predicted octanol–water partition coefficient (Wildman–Crippen LogP) is 2.88. The maximum Gasteiger partial charge on any atom is 0.104 e. The Morgan fingerprint density at radius 2 is 1.67 bits per heavy atom. The van der Waals surface area contributed by atoms with Crippen LogP contribution in [0.5, 0.6) is 0 Å². The molecular formula is C16H19NO. The molecule has 2 rings (SSSR count). The Kier molecular flexibility index (Phi) is 4.51. The van der Waals surface area contributed by atoms with E-state index in [4.69, 9.17) is 0 Å². The van der Waals surface area contributed by atoms with E-state index in [0.717, 1.165) is 29.8 Å². The average molecular weight is 241 g/mol. The average Bonchev–Trinajstić information content (AvgIpc) is 2.45. The van der Waals surface area contributed by atoms with E-state index in [9.17, 15) is 5.11 Å². The van der Waals surface area contributed by atoms with Gasteiger partial charge in [-0.3, -0.25) is 0 Å². The van der Waals surface area contributed by atoms with Crippen molar-refractivity contribution in [1.82, 2.24) is 5.32 Å². The molecule has 0 aliphatic carbocycles. The van der Waals surface area contributed by atoms with Crippen molar-refractivity contribution in [3.63, 3.8) is 0 Å². The molecule has 94 valence electrons. The number of benzene rings is 2. The molecule has 2 heteroatoms. The third kappa shape index (κ3) is 2.97. The lowest BCUT2D eigenvalue weighted by atomic mass is 9.97. The van der Waals surface area contributed by atoms with Crippen molar-refractivity contribution < 1.29 is 5.11 Å². The summed E-state index contributed by atoms with van der Waals surface area (Å²) < 4.78 is 0. The zero-order chi connectivity index (χ0) is 12.8. The number of hydrogen-bond acceptors (Lipinski definition) is 2. The molecule has 2 aromatic rings. The van der Waals surface area contributed by atoms with Crippen LogP contribution < -0.4 is 5.32 Å². The lowest BCUT2D eigenvalue weighted by molar-refractivity contribution is 0.219. The van der Waals surface area contributed by atoms with Crippen LogP contribution in [0.1, 0.15) is 29.7 Å². The van der Waals surface area contributed by atoms with Crippen LogP contribution >= 0.6 is 0 Å². The molecule has 0 spiro atoms. The Balaban J connectivity index is 2.27. The van der Waals surface area contributed by atoms with Gasteiger partial charge in [0, 0.05) is 6.54 Å². The van der Waals surface area contributed by atoms with Crippen LogP contribution in [0.3, 0.4) is 0 Å². The van der Waals surface area contributed by atoms with E-state index < -0.39 is 6.10 Å². The van der Waals surface area contributed by atoms with Gasteiger partial charge in [0.2, 0.25) is 0 Å².